The summed E-state index contributed by atoms with van der Waals surface area (Å²) in [5.74, 6) is -0.650. The molecule has 2 atom stereocenters. The van der Waals surface area contributed by atoms with Crippen LogP contribution in [0.2, 0.25) is 0 Å². The molecule has 0 spiro atoms. The number of hydrogen-bond acceptors (Lipinski definition) is 3. The number of rotatable bonds is 3. The molecule has 2 N–H and O–H groups in total. The van der Waals surface area contributed by atoms with Crippen molar-refractivity contribution >= 4 is 10.2 Å². The van der Waals surface area contributed by atoms with Crippen molar-refractivity contribution < 1.29 is 12.8 Å². The Morgan fingerprint density at radius 3 is 2.53 bits per heavy atom. The largest absolute Gasteiger partial charge is 0.326 e. The number of benzene rings is 1. The van der Waals surface area contributed by atoms with E-state index in [0.717, 1.165) is 4.31 Å². The van der Waals surface area contributed by atoms with Crippen LogP contribution in [0.25, 0.3) is 0 Å². The summed E-state index contributed by atoms with van der Waals surface area (Å²) in [7, 11) is -0.560. The van der Waals surface area contributed by atoms with Gasteiger partial charge in [0.15, 0.2) is 0 Å². The Labute approximate surface area is 113 Å². The van der Waals surface area contributed by atoms with E-state index in [-0.39, 0.29) is 24.8 Å². The third-order valence-electron chi connectivity index (χ3n) is 3.42. The van der Waals surface area contributed by atoms with Crippen LogP contribution in [0.15, 0.2) is 24.3 Å². The SMILES string of the molecule is CN(C)S(=O)(=O)N1C[C@@H](N)[C@H](c2ccccc2F)C1. The maximum atomic E-state index is 13.8. The molecule has 1 aliphatic heterocycles. The van der Waals surface area contributed by atoms with E-state index in [2.05, 4.69) is 0 Å². The predicted octanol–water partition coefficient (Wildman–Crippen LogP) is 0.359. The van der Waals surface area contributed by atoms with E-state index in [9.17, 15) is 12.8 Å². The number of nitrogens with two attached hydrogens (primary N) is 1. The fraction of sp³-hybridized carbons (Fsp3) is 0.500. The zero-order valence-corrected chi connectivity index (χ0v) is 11.8. The van der Waals surface area contributed by atoms with Gasteiger partial charge in [-0.2, -0.15) is 17.0 Å². The van der Waals surface area contributed by atoms with Crippen LogP contribution in [0.4, 0.5) is 4.39 Å². The average molecular weight is 287 g/mol. The normalized spacial score (nSPS) is 25.1. The molecule has 0 aromatic heterocycles. The fourth-order valence-corrected chi connectivity index (χ4v) is 3.49. The van der Waals surface area contributed by atoms with Gasteiger partial charge < -0.3 is 5.73 Å². The molecular weight excluding hydrogens is 269 g/mol. The molecule has 0 bridgehead atoms. The lowest BCUT2D eigenvalue weighted by atomic mass is 9.94. The van der Waals surface area contributed by atoms with Crippen molar-refractivity contribution in [3.05, 3.63) is 35.6 Å². The molecule has 0 aliphatic carbocycles. The van der Waals surface area contributed by atoms with Gasteiger partial charge in [-0.15, -0.1) is 0 Å². The smallest absolute Gasteiger partial charge is 0.281 e. The minimum Gasteiger partial charge on any atom is -0.326 e. The van der Waals surface area contributed by atoms with Crippen LogP contribution >= 0.6 is 0 Å². The molecule has 0 radical (unpaired) electrons. The summed E-state index contributed by atoms with van der Waals surface area (Å²) in [5.41, 5.74) is 6.45. The van der Waals surface area contributed by atoms with Crippen molar-refractivity contribution in [2.24, 2.45) is 5.73 Å². The molecular formula is C12H18FN3O2S. The molecule has 0 amide bonds. The Morgan fingerprint density at radius 1 is 1.32 bits per heavy atom. The van der Waals surface area contributed by atoms with Gasteiger partial charge in [0, 0.05) is 39.1 Å². The molecule has 1 aromatic rings. The Balaban J connectivity index is 2.26. The van der Waals surface area contributed by atoms with Crippen molar-refractivity contribution in [2.45, 2.75) is 12.0 Å². The fourth-order valence-electron chi connectivity index (χ4n) is 2.32. The third kappa shape index (κ3) is 2.64. The molecule has 19 heavy (non-hydrogen) atoms. The molecule has 106 valence electrons. The van der Waals surface area contributed by atoms with Gasteiger partial charge in [0.05, 0.1) is 0 Å². The quantitative estimate of drug-likeness (QED) is 0.873. The van der Waals surface area contributed by atoms with Gasteiger partial charge in [0.2, 0.25) is 0 Å². The van der Waals surface area contributed by atoms with Gasteiger partial charge >= 0.3 is 0 Å². The van der Waals surface area contributed by atoms with Crippen LogP contribution in [-0.4, -0.2) is 50.3 Å². The lowest BCUT2D eigenvalue weighted by molar-refractivity contribution is 0.416. The summed E-state index contributed by atoms with van der Waals surface area (Å²) in [6.45, 7) is 0.419. The monoisotopic (exact) mass is 287 g/mol. The predicted molar refractivity (Wildman–Crippen MR) is 71.3 cm³/mol. The van der Waals surface area contributed by atoms with E-state index in [4.69, 9.17) is 5.73 Å². The second kappa shape index (κ2) is 5.16. The number of hydrogen-bond donors (Lipinski definition) is 1. The first-order valence-electron chi connectivity index (χ1n) is 6.01. The highest BCUT2D eigenvalue weighted by atomic mass is 32.2. The van der Waals surface area contributed by atoms with Crippen molar-refractivity contribution in [3.63, 3.8) is 0 Å². The van der Waals surface area contributed by atoms with Gasteiger partial charge in [-0.05, 0) is 11.6 Å². The van der Waals surface area contributed by atoms with Crippen molar-refractivity contribution in [1.82, 2.24) is 8.61 Å². The van der Waals surface area contributed by atoms with Crippen LogP contribution in [0.1, 0.15) is 11.5 Å². The van der Waals surface area contributed by atoms with Gasteiger partial charge in [-0.3, -0.25) is 0 Å². The number of nitrogens with zero attached hydrogens (tertiary/aromatic N) is 2. The van der Waals surface area contributed by atoms with Gasteiger partial charge in [0.25, 0.3) is 10.2 Å². The number of halogens is 1. The molecule has 2 rings (SSSR count). The lowest BCUT2D eigenvalue weighted by Gasteiger charge is -2.20. The third-order valence-corrected chi connectivity index (χ3v) is 5.30. The average Bonchev–Trinajstić information content (AvgIpc) is 2.72. The molecule has 1 aromatic carbocycles. The summed E-state index contributed by atoms with van der Waals surface area (Å²) < 4.78 is 40.3. The molecule has 7 heteroatoms. The van der Waals surface area contributed by atoms with Crippen LogP contribution < -0.4 is 5.73 Å². The lowest BCUT2D eigenvalue weighted by Crippen LogP contribution is -2.39. The molecule has 0 unspecified atom stereocenters. The maximum absolute atomic E-state index is 13.8. The topological polar surface area (TPSA) is 66.6 Å². The Kier molecular flexibility index (Phi) is 3.91. The summed E-state index contributed by atoms with van der Waals surface area (Å²) in [5, 5.41) is 0. The van der Waals surface area contributed by atoms with E-state index in [1.807, 2.05) is 0 Å². The first-order valence-corrected chi connectivity index (χ1v) is 7.41. The van der Waals surface area contributed by atoms with Gasteiger partial charge in [-0.25, -0.2) is 4.39 Å². The standard InChI is InChI=1S/C12H18FN3O2S/c1-15(2)19(17,18)16-7-10(12(14)8-16)9-5-3-4-6-11(9)13/h3-6,10,12H,7-8,14H2,1-2H3/t10-,12+/m0/s1. The molecule has 5 nitrogen and oxygen atoms in total. The van der Waals surface area contributed by atoms with E-state index in [0.29, 0.717) is 5.56 Å². The second-order valence-corrected chi connectivity index (χ2v) is 7.04. The Morgan fingerprint density at radius 2 is 1.95 bits per heavy atom. The van der Waals surface area contributed by atoms with Crippen molar-refractivity contribution in [2.75, 3.05) is 27.2 Å². The van der Waals surface area contributed by atoms with Gasteiger partial charge in [-0.1, -0.05) is 18.2 Å². The molecule has 1 heterocycles. The summed E-state index contributed by atoms with van der Waals surface area (Å²) in [6, 6.07) is 5.96. The summed E-state index contributed by atoms with van der Waals surface area (Å²) >= 11 is 0. The highest BCUT2D eigenvalue weighted by Gasteiger charge is 2.39. The van der Waals surface area contributed by atoms with E-state index >= 15 is 0 Å². The van der Waals surface area contributed by atoms with Crippen LogP contribution in [0.5, 0.6) is 0 Å². The van der Waals surface area contributed by atoms with E-state index < -0.39 is 16.3 Å². The minimum atomic E-state index is -3.50. The van der Waals surface area contributed by atoms with E-state index in [1.165, 1.54) is 24.5 Å². The van der Waals surface area contributed by atoms with Crippen LogP contribution in [0.3, 0.4) is 0 Å². The first-order chi connectivity index (χ1) is 8.84. The van der Waals surface area contributed by atoms with Crippen molar-refractivity contribution in [3.8, 4) is 0 Å². The summed E-state index contributed by atoms with van der Waals surface area (Å²) in [6.07, 6.45) is 0. The highest BCUT2D eigenvalue weighted by molar-refractivity contribution is 7.86. The molecule has 1 aliphatic rings. The Hall–Kier alpha value is -1.02. The van der Waals surface area contributed by atoms with Crippen LogP contribution in [-0.2, 0) is 10.2 Å². The second-order valence-electron chi connectivity index (χ2n) is 4.90. The minimum absolute atomic E-state index is 0.208. The molecule has 1 saturated heterocycles. The maximum Gasteiger partial charge on any atom is 0.281 e. The van der Waals surface area contributed by atoms with E-state index in [1.54, 1.807) is 18.2 Å². The zero-order valence-electron chi connectivity index (χ0n) is 11.0. The first kappa shape index (κ1) is 14.4. The highest BCUT2D eigenvalue weighted by Crippen LogP contribution is 2.30. The van der Waals surface area contributed by atoms with Gasteiger partial charge in [0.1, 0.15) is 5.82 Å². The van der Waals surface area contributed by atoms with Crippen molar-refractivity contribution in [1.29, 1.82) is 0 Å². The zero-order chi connectivity index (χ0) is 14.2. The Bertz CT molecular complexity index is 562. The summed E-state index contributed by atoms with van der Waals surface area (Å²) in [4.78, 5) is 0. The molecule has 1 fully saturated rings. The van der Waals surface area contributed by atoms with Crippen LogP contribution in [0, 0.1) is 5.82 Å². The molecule has 0 saturated carbocycles.